The summed E-state index contributed by atoms with van der Waals surface area (Å²) in [5.74, 6) is 0.130. The summed E-state index contributed by atoms with van der Waals surface area (Å²) in [5, 5.41) is 15.1. The minimum Gasteiger partial charge on any atom is -0.385 e. The smallest absolute Gasteiger partial charge is 0.385 e. The zero-order valence-electron chi connectivity index (χ0n) is 30.2. The predicted octanol–water partition coefficient (Wildman–Crippen LogP) is 13.8. The quantitative estimate of drug-likeness (QED) is 0.0357. The first-order valence-corrected chi connectivity index (χ1v) is 20.5. The van der Waals surface area contributed by atoms with Crippen LogP contribution in [0.1, 0.15) is 35.1 Å². The molecule has 0 saturated carbocycles. The molecule has 2 aliphatic heterocycles. The highest BCUT2D eigenvalue weighted by molar-refractivity contribution is 7.98. The highest BCUT2D eigenvalue weighted by Gasteiger charge is 2.33. The molecule has 2 aliphatic rings. The first-order valence-electron chi connectivity index (χ1n) is 16.3. The summed E-state index contributed by atoms with van der Waals surface area (Å²) in [6.07, 6.45) is 0.429. The van der Waals surface area contributed by atoms with E-state index in [-0.39, 0.29) is 36.1 Å². The normalized spacial score (nSPS) is 13.0. The fourth-order valence-electron chi connectivity index (χ4n) is 5.30. The maximum atomic E-state index is 13.1. The second-order valence-electron chi connectivity index (χ2n) is 11.5. The van der Waals surface area contributed by atoms with Crippen LogP contribution < -0.4 is 21.3 Å². The van der Waals surface area contributed by atoms with E-state index in [4.69, 9.17) is 57.4 Å². The average Bonchev–Trinajstić information content (AvgIpc) is 3.16. The highest BCUT2D eigenvalue weighted by Crippen LogP contribution is 2.37. The third kappa shape index (κ3) is 16.1. The number of thioether (sulfide) groups is 2. The number of halogens is 12. The molecule has 4 N–H and O–H groups in total. The summed E-state index contributed by atoms with van der Waals surface area (Å²) in [4.78, 5) is 8.05. The number of nitrogens with zero attached hydrogens (tertiary/aromatic N) is 3. The lowest BCUT2D eigenvalue weighted by atomic mass is 9.99. The summed E-state index contributed by atoms with van der Waals surface area (Å²) < 4.78 is 76.2. The number of nitrogens with two attached hydrogens (primary N) is 1. The third-order valence-corrected chi connectivity index (χ3v) is 10.0. The first-order chi connectivity index (χ1) is 26.1. The number of alkyl halides is 8. The largest absolute Gasteiger partial charge is 0.416 e. The summed E-state index contributed by atoms with van der Waals surface area (Å²) in [6.45, 7) is 1.26. The molecule has 0 saturated heterocycles. The lowest BCUT2D eigenvalue weighted by molar-refractivity contribution is -0.138. The van der Waals surface area contributed by atoms with E-state index in [1.54, 1.807) is 52.7 Å². The van der Waals surface area contributed by atoms with Crippen LogP contribution in [0.4, 0.5) is 49.1 Å². The van der Waals surface area contributed by atoms with Crippen molar-refractivity contribution in [1.29, 1.82) is 5.26 Å². The number of hydrogen-bond acceptors (Lipinski definition) is 6. The van der Waals surface area contributed by atoms with Gasteiger partial charge in [-0.3, -0.25) is 5.32 Å². The van der Waals surface area contributed by atoms with E-state index < -0.39 is 23.5 Å². The van der Waals surface area contributed by atoms with Crippen molar-refractivity contribution in [2.75, 3.05) is 46.5 Å². The standard InChI is InChI=1S/C18H17ClF3N3S.C10H10F3N.C8H7ClN2S.CH2Cl2.2ClH/c1-26-13-6-7-14(19)15(10-13)24-17(23)25-8-2-3-11-4-5-12(9-16(11)25)18(20,21)22;11-10(12,13)8-4-3-7-2-1-5-14-9(7)6-8;1-12-6-2-3-7(9)8(4-6)11-5-10;2-1-3;;/h4-7,9-10H,2-3,8H2,1H3,(H2,23,24);3-4,6,14H,1-2,5H2;2-4,11H,1H3;1H2;2*1H. The number of aliphatic imine (C=N–C) groups is 1. The molecular formula is C37H38Cl6F6N6S2. The molecule has 312 valence electrons. The molecule has 0 bridgehead atoms. The Morgan fingerprint density at radius 2 is 1.37 bits per heavy atom. The van der Waals surface area contributed by atoms with Gasteiger partial charge in [0, 0.05) is 34.3 Å². The third-order valence-electron chi connectivity index (χ3n) is 7.94. The second kappa shape index (κ2) is 25.0. The maximum Gasteiger partial charge on any atom is 0.416 e. The maximum absolute atomic E-state index is 13.1. The Morgan fingerprint density at radius 3 is 1.95 bits per heavy atom. The van der Waals surface area contributed by atoms with Crippen molar-refractivity contribution in [1.82, 2.24) is 0 Å². The van der Waals surface area contributed by atoms with Crippen molar-refractivity contribution in [2.45, 2.75) is 47.8 Å². The van der Waals surface area contributed by atoms with Crippen LogP contribution in [0.3, 0.4) is 0 Å². The fourth-order valence-corrected chi connectivity index (χ4v) is 6.50. The molecule has 6 rings (SSSR count). The van der Waals surface area contributed by atoms with Crippen LogP contribution in [0.15, 0.2) is 87.6 Å². The van der Waals surface area contributed by atoms with Crippen LogP contribution in [-0.2, 0) is 25.2 Å². The topological polar surface area (TPSA) is 89.5 Å². The van der Waals surface area contributed by atoms with Crippen LogP contribution in [0, 0.1) is 11.5 Å². The monoisotopic (exact) mass is 954 g/mol. The molecule has 0 amide bonds. The molecule has 4 aromatic carbocycles. The lowest BCUT2D eigenvalue weighted by Gasteiger charge is -2.31. The molecule has 2 heterocycles. The molecule has 20 heteroatoms. The lowest BCUT2D eigenvalue weighted by Crippen LogP contribution is -2.40. The van der Waals surface area contributed by atoms with Gasteiger partial charge >= 0.3 is 12.4 Å². The van der Waals surface area contributed by atoms with Gasteiger partial charge < -0.3 is 16.0 Å². The van der Waals surface area contributed by atoms with Gasteiger partial charge in [-0.25, -0.2) is 4.99 Å². The number of aryl methyl sites for hydroxylation is 2. The van der Waals surface area contributed by atoms with Crippen molar-refractivity contribution < 1.29 is 26.3 Å². The molecule has 0 aliphatic carbocycles. The van der Waals surface area contributed by atoms with Gasteiger partial charge in [0.15, 0.2) is 6.19 Å². The van der Waals surface area contributed by atoms with Crippen molar-refractivity contribution in [2.24, 2.45) is 10.7 Å². The highest BCUT2D eigenvalue weighted by atomic mass is 35.5. The SMILES string of the molecule is CSc1ccc(Cl)c(N=C(N)N2CCCc3ccc(C(F)(F)F)cc32)c1.CSc1ccc(Cl)c(NC#N)c1.Cl.Cl.ClCCl.FC(F)(F)c1ccc2c(c1)NCCC2. The van der Waals surface area contributed by atoms with Gasteiger partial charge in [0.2, 0.25) is 5.96 Å². The molecule has 0 radical (unpaired) electrons. The van der Waals surface area contributed by atoms with Gasteiger partial charge in [0.25, 0.3) is 0 Å². The number of benzene rings is 4. The predicted molar refractivity (Wildman–Crippen MR) is 233 cm³/mol. The van der Waals surface area contributed by atoms with E-state index in [0.29, 0.717) is 45.8 Å². The zero-order chi connectivity index (χ0) is 40.8. The van der Waals surface area contributed by atoms with E-state index in [9.17, 15) is 26.3 Å². The summed E-state index contributed by atoms with van der Waals surface area (Å²) >= 11 is 24.7. The van der Waals surface area contributed by atoms with Crippen molar-refractivity contribution in [3.05, 3.63) is 105 Å². The zero-order valence-corrected chi connectivity index (χ0v) is 36.5. The summed E-state index contributed by atoms with van der Waals surface area (Å²) in [7, 11) is 0. The van der Waals surface area contributed by atoms with Crippen LogP contribution in [0.2, 0.25) is 10.0 Å². The fraction of sp³-hybridized carbons (Fsp3) is 0.297. The van der Waals surface area contributed by atoms with E-state index in [2.05, 4.69) is 15.6 Å². The molecule has 0 aromatic heterocycles. The Morgan fingerprint density at radius 1 is 0.825 bits per heavy atom. The molecule has 0 atom stereocenters. The molecule has 0 spiro atoms. The minimum atomic E-state index is -4.40. The Hall–Kier alpha value is -2.74. The van der Waals surface area contributed by atoms with Crippen LogP contribution >= 0.6 is 94.7 Å². The van der Waals surface area contributed by atoms with Gasteiger partial charge in [0.1, 0.15) is 0 Å². The van der Waals surface area contributed by atoms with Gasteiger partial charge in [-0.05, 0) is 110 Å². The molecular weight excluding hydrogens is 919 g/mol. The number of fused-ring (bicyclic) bond motifs is 2. The van der Waals surface area contributed by atoms with Crippen LogP contribution in [-0.4, -0.2) is 36.9 Å². The molecule has 6 nitrogen and oxygen atoms in total. The van der Waals surface area contributed by atoms with Crippen molar-refractivity contribution in [3.63, 3.8) is 0 Å². The van der Waals surface area contributed by atoms with Gasteiger partial charge in [0.05, 0.1) is 37.9 Å². The Bertz CT molecular complexity index is 1960. The number of hydrogen-bond donors (Lipinski definition) is 3. The van der Waals surface area contributed by atoms with E-state index >= 15 is 0 Å². The first kappa shape index (κ1) is 52.3. The summed E-state index contributed by atoms with van der Waals surface area (Å²) in [5.41, 5.74) is 8.90. The van der Waals surface area contributed by atoms with E-state index in [1.807, 2.05) is 36.9 Å². The number of guanidine groups is 1. The Kier molecular flexibility index (Phi) is 22.9. The van der Waals surface area contributed by atoms with Crippen molar-refractivity contribution in [3.8, 4) is 6.19 Å². The number of nitriles is 1. The Labute approximate surface area is 369 Å². The van der Waals surface area contributed by atoms with Gasteiger partial charge in [-0.2, -0.15) is 31.6 Å². The van der Waals surface area contributed by atoms with Crippen molar-refractivity contribution >= 4 is 123 Å². The minimum absolute atomic E-state index is 0. The number of anilines is 3. The molecule has 0 unspecified atom stereocenters. The second-order valence-corrected chi connectivity index (χ2v) is 14.8. The number of nitrogens with one attached hydrogen (secondary N) is 2. The van der Waals surface area contributed by atoms with E-state index in [0.717, 1.165) is 64.9 Å². The van der Waals surface area contributed by atoms with Gasteiger partial charge in [-0.15, -0.1) is 71.5 Å². The van der Waals surface area contributed by atoms with Gasteiger partial charge in [-0.1, -0.05) is 35.3 Å². The molecule has 4 aromatic rings. The Balaban J connectivity index is 0.000000443. The summed E-state index contributed by atoms with van der Waals surface area (Å²) in [6, 6.07) is 18.6. The molecule has 57 heavy (non-hydrogen) atoms. The molecule has 0 fully saturated rings. The number of rotatable bonds is 4. The van der Waals surface area contributed by atoms with E-state index in [1.165, 1.54) is 12.1 Å². The van der Waals surface area contributed by atoms with Crippen LogP contribution in [0.5, 0.6) is 0 Å². The van der Waals surface area contributed by atoms with Crippen LogP contribution in [0.25, 0.3) is 0 Å². The average molecular weight is 958 g/mol.